The maximum atomic E-state index is 12.4. The van der Waals surface area contributed by atoms with E-state index in [1.807, 2.05) is 0 Å². The average Bonchev–Trinajstić information content (AvgIpc) is 2.65. The third-order valence-corrected chi connectivity index (χ3v) is 5.54. The minimum absolute atomic E-state index is 0.0167. The Labute approximate surface area is 170 Å². The lowest BCUT2D eigenvalue weighted by molar-refractivity contribution is -0.153. The van der Waals surface area contributed by atoms with Gasteiger partial charge in [-0.2, -0.15) is 13.2 Å². The van der Waals surface area contributed by atoms with Gasteiger partial charge >= 0.3 is 6.18 Å². The zero-order valence-corrected chi connectivity index (χ0v) is 16.7. The van der Waals surface area contributed by atoms with Gasteiger partial charge in [-0.05, 0) is 42.5 Å². The minimum atomic E-state index is -4.55. The third kappa shape index (κ3) is 6.91. The fraction of sp³-hybridized carbons (Fsp3) is 0.278. The van der Waals surface area contributed by atoms with E-state index in [1.165, 1.54) is 49.6 Å². The number of nitrogens with one attached hydrogen (secondary N) is 1. The molecule has 2 rings (SSSR count). The number of rotatable bonds is 8. The average molecular weight is 452 g/mol. The molecule has 0 atom stereocenters. The molecule has 2 aromatic rings. The number of hydrogen-bond donors (Lipinski definition) is 1. The molecule has 158 valence electrons. The first-order valence-corrected chi connectivity index (χ1v) is 10.2. The molecule has 0 fully saturated rings. The Morgan fingerprint density at radius 3 is 2.38 bits per heavy atom. The maximum absolute atomic E-state index is 12.4. The van der Waals surface area contributed by atoms with Crippen molar-refractivity contribution in [1.29, 1.82) is 0 Å². The number of anilines is 1. The highest BCUT2D eigenvalue weighted by atomic mass is 35.5. The highest BCUT2D eigenvalue weighted by molar-refractivity contribution is 7.91. The van der Waals surface area contributed by atoms with Crippen LogP contribution in [0.5, 0.6) is 5.75 Å². The number of methoxy groups -OCH3 is 1. The summed E-state index contributed by atoms with van der Waals surface area (Å²) in [5, 5.41) is 2.59. The molecule has 0 bridgehead atoms. The molecule has 0 saturated heterocycles. The highest BCUT2D eigenvalue weighted by Crippen LogP contribution is 2.30. The van der Waals surface area contributed by atoms with Crippen LogP contribution in [0.2, 0.25) is 5.02 Å². The SMILES string of the molecule is COCCS(=O)(=O)c1ccc(C(=O)Nc2cc(Cl)ccc2OCC(F)(F)F)cc1. The molecule has 0 aliphatic heterocycles. The molecule has 2 aromatic carbocycles. The third-order valence-electron chi connectivity index (χ3n) is 3.61. The molecule has 6 nitrogen and oxygen atoms in total. The summed E-state index contributed by atoms with van der Waals surface area (Å²) in [6, 6.07) is 8.87. The van der Waals surface area contributed by atoms with E-state index in [-0.39, 0.29) is 39.3 Å². The Hall–Kier alpha value is -2.30. The van der Waals surface area contributed by atoms with Crippen LogP contribution in [0.15, 0.2) is 47.4 Å². The van der Waals surface area contributed by atoms with Crippen LogP contribution in [-0.4, -0.2) is 46.6 Å². The Bertz CT molecular complexity index is 962. The lowest BCUT2D eigenvalue weighted by atomic mass is 10.2. The second kappa shape index (κ2) is 9.47. The largest absolute Gasteiger partial charge is 0.482 e. The van der Waals surface area contributed by atoms with Crippen LogP contribution in [0.3, 0.4) is 0 Å². The van der Waals surface area contributed by atoms with Crippen molar-refractivity contribution < 1.29 is 35.9 Å². The van der Waals surface area contributed by atoms with Crippen molar-refractivity contribution in [2.75, 3.05) is 31.4 Å². The minimum Gasteiger partial charge on any atom is -0.482 e. The number of carbonyl (C=O) groups is 1. The van der Waals surface area contributed by atoms with Gasteiger partial charge in [-0.3, -0.25) is 4.79 Å². The van der Waals surface area contributed by atoms with Crippen molar-refractivity contribution in [3.8, 4) is 5.75 Å². The van der Waals surface area contributed by atoms with Gasteiger partial charge in [0.15, 0.2) is 16.4 Å². The van der Waals surface area contributed by atoms with Crippen LogP contribution in [-0.2, 0) is 14.6 Å². The monoisotopic (exact) mass is 451 g/mol. The molecular formula is C18H17ClF3NO5S. The number of alkyl halides is 3. The van der Waals surface area contributed by atoms with Crippen LogP contribution in [0, 0.1) is 0 Å². The summed E-state index contributed by atoms with van der Waals surface area (Å²) in [5.74, 6) is -1.10. The van der Waals surface area contributed by atoms with Crippen molar-refractivity contribution in [2.45, 2.75) is 11.1 Å². The Balaban J connectivity index is 2.17. The van der Waals surface area contributed by atoms with E-state index in [9.17, 15) is 26.4 Å². The van der Waals surface area contributed by atoms with Crippen molar-refractivity contribution >= 4 is 33.0 Å². The van der Waals surface area contributed by atoms with Gasteiger partial charge < -0.3 is 14.8 Å². The predicted octanol–water partition coefficient (Wildman–Crippen LogP) is 3.95. The van der Waals surface area contributed by atoms with Crippen molar-refractivity contribution in [3.63, 3.8) is 0 Å². The normalized spacial score (nSPS) is 11.9. The van der Waals surface area contributed by atoms with Gasteiger partial charge in [-0.1, -0.05) is 11.6 Å². The molecular weight excluding hydrogens is 435 g/mol. The number of carbonyl (C=O) groups excluding carboxylic acids is 1. The first-order valence-electron chi connectivity index (χ1n) is 8.14. The standard InChI is InChI=1S/C18H17ClF3NO5S/c1-27-8-9-29(25,26)14-5-2-12(3-6-14)17(24)23-15-10-13(19)4-7-16(15)28-11-18(20,21)22/h2-7,10H,8-9,11H2,1H3,(H,23,24). The van der Waals surface area contributed by atoms with E-state index in [1.54, 1.807) is 0 Å². The number of halogens is 4. The van der Waals surface area contributed by atoms with Crippen molar-refractivity contribution in [1.82, 2.24) is 0 Å². The van der Waals surface area contributed by atoms with Crippen LogP contribution in [0.1, 0.15) is 10.4 Å². The van der Waals surface area contributed by atoms with E-state index in [0.717, 1.165) is 0 Å². The van der Waals surface area contributed by atoms with Crippen LogP contribution in [0.4, 0.5) is 18.9 Å². The summed E-state index contributed by atoms with van der Waals surface area (Å²) in [4.78, 5) is 12.4. The molecule has 0 radical (unpaired) electrons. The maximum Gasteiger partial charge on any atom is 0.422 e. The molecule has 11 heteroatoms. The summed E-state index contributed by atoms with van der Waals surface area (Å²) in [6.07, 6.45) is -4.55. The molecule has 0 aromatic heterocycles. The summed E-state index contributed by atoms with van der Waals surface area (Å²) in [7, 11) is -2.18. The lowest BCUT2D eigenvalue weighted by Crippen LogP contribution is -2.20. The zero-order chi connectivity index (χ0) is 21.7. The van der Waals surface area contributed by atoms with Gasteiger partial charge in [-0.25, -0.2) is 8.42 Å². The van der Waals surface area contributed by atoms with E-state index in [0.29, 0.717) is 0 Å². The topological polar surface area (TPSA) is 81.7 Å². The van der Waals surface area contributed by atoms with Gasteiger partial charge in [0.05, 0.1) is 22.9 Å². The molecule has 1 amide bonds. The fourth-order valence-corrected chi connectivity index (χ4v) is 3.55. The molecule has 0 unspecified atom stereocenters. The van der Waals surface area contributed by atoms with Gasteiger partial charge in [-0.15, -0.1) is 0 Å². The smallest absolute Gasteiger partial charge is 0.422 e. The van der Waals surface area contributed by atoms with E-state index >= 15 is 0 Å². The second-order valence-electron chi connectivity index (χ2n) is 5.83. The number of hydrogen-bond acceptors (Lipinski definition) is 5. The van der Waals surface area contributed by atoms with Crippen molar-refractivity contribution in [3.05, 3.63) is 53.1 Å². The summed E-state index contributed by atoms with van der Waals surface area (Å²) in [5.41, 5.74) is 0.0426. The summed E-state index contributed by atoms with van der Waals surface area (Å²) < 4.78 is 70.8. The quantitative estimate of drug-likeness (QED) is 0.657. The molecule has 0 aliphatic carbocycles. The summed E-state index contributed by atoms with van der Waals surface area (Å²) in [6.45, 7) is -1.51. The van der Waals surface area contributed by atoms with E-state index < -0.39 is 28.5 Å². The van der Waals surface area contributed by atoms with Gasteiger partial charge in [0, 0.05) is 17.7 Å². The van der Waals surface area contributed by atoms with Crippen LogP contribution < -0.4 is 10.1 Å². The van der Waals surface area contributed by atoms with E-state index in [4.69, 9.17) is 21.1 Å². The fourth-order valence-electron chi connectivity index (χ4n) is 2.20. The van der Waals surface area contributed by atoms with Crippen LogP contribution >= 0.6 is 11.6 Å². The van der Waals surface area contributed by atoms with Crippen LogP contribution in [0.25, 0.3) is 0 Å². The lowest BCUT2D eigenvalue weighted by Gasteiger charge is -2.14. The summed E-state index contributed by atoms with van der Waals surface area (Å²) >= 11 is 5.84. The molecule has 0 aliphatic rings. The number of benzene rings is 2. The predicted molar refractivity (Wildman–Crippen MR) is 101 cm³/mol. The molecule has 0 spiro atoms. The number of ether oxygens (including phenoxy) is 2. The van der Waals surface area contributed by atoms with Gasteiger partial charge in [0.25, 0.3) is 5.91 Å². The molecule has 29 heavy (non-hydrogen) atoms. The molecule has 0 heterocycles. The number of sulfone groups is 1. The molecule has 1 N–H and O–H groups in total. The Morgan fingerprint density at radius 2 is 1.79 bits per heavy atom. The first-order chi connectivity index (χ1) is 13.5. The Morgan fingerprint density at radius 1 is 1.14 bits per heavy atom. The molecule has 0 saturated carbocycles. The van der Waals surface area contributed by atoms with Crippen molar-refractivity contribution in [2.24, 2.45) is 0 Å². The first kappa shape index (κ1) is 23.0. The van der Waals surface area contributed by atoms with Gasteiger partial charge in [0.2, 0.25) is 0 Å². The zero-order valence-electron chi connectivity index (χ0n) is 15.1. The number of amides is 1. The van der Waals surface area contributed by atoms with Gasteiger partial charge in [0.1, 0.15) is 5.75 Å². The van der Waals surface area contributed by atoms with E-state index in [2.05, 4.69) is 5.32 Å². The highest BCUT2D eigenvalue weighted by Gasteiger charge is 2.29. The Kier molecular flexibility index (Phi) is 7.50. The second-order valence-corrected chi connectivity index (χ2v) is 8.38.